The van der Waals surface area contributed by atoms with Crippen LogP contribution in [0, 0.1) is 6.92 Å². The average molecular weight is 386 g/mol. The summed E-state index contributed by atoms with van der Waals surface area (Å²) in [4.78, 5) is 27.9. The number of hydrogen-bond acceptors (Lipinski definition) is 4. The van der Waals surface area contributed by atoms with Crippen LogP contribution < -0.4 is 5.56 Å². The minimum Gasteiger partial charge on any atom is -0.338 e. The lowest BCUT2D eigenvalue weighted by Crippen LogP contribution is -2.35. The van der Waals surface area contributed by atoms with Crippen LogP contribution in [0.25, 0.3) is 11.3 Å². The van der Waals surface area contributed by atoms with Gasteiger partial charge < -0.3 is 4.90 Å². The second-order valence-electron chi connectivity index (χ2n) is 8.07. The third-order valence-corrected chi connectivity index (χ3v) is 6.19. The van der Waals surface area contributed by atoms with E-state index in [0.29, 0.717) is 30.9 Å². The lowest BCUT2D eigenvalue weighted by molar-refractivity contribution is 0.0783. The van der Waals surface area contributed by atoms with E-state index in [4.69, 9.17) is 0 Å². The lowest BCUT2D eigenvalue weighted by atomic mass is 9.85. The molecule has 146 valence electrons. The molecule has 0 radical (unpaired) electrons. The van der Waals surface area contributed by atoms with Gasteiger partial charge in [-0.2, -0.15) is 0 Å². The van der Waals surface area contributed by atoms with Crippen molar-refractivity contribution < 1.29 is 4.79 Å². The number of carbonyl (C=O) groups is 1. The van der Waals surface area contributed by atoms with Crippen molar-refractivity contribution in [3.8, 4) is 11.3 Å². The van der Waals surface area contributed by atoms with Crippen molar-refractivity contribution in [2.75, 3.05) is 13.1 Å². The Morgan fingerprint density at radius 1 is 1.00 bits per heavy atom. The Hall–Kier alpha value is -3.28. The zero-order chi connectivity index (χ0) is 20.0. The molecule has 5 rings (SSSR count). The molecule has 0 N–H and O–H groups in total. The summed E-state index contributed by atoms with van der Waals surface area (Å²) in [5, 5.41) is 8.78. The SMILES string of the molecule is Cc1cccc(C(=O)N2CCC3(CCn4c3nnc(-c3ccccc3)c4=O)C2)c1. The molecule has 3 aromatic rings. The van der Waals surface area contributed by atoms with Crippen molar-refractivity contribution in [1.29, 1.82) is 0 Å². The fourth-order valence-electron chi connectivity index (χ4n) is 4.63. The Labute approximate surface area is 168 Å². The first kappa shape index (κ1) is 17.8. The largest absolute Gasteiger partial charge is 0.338 e. The van der Waals surface area contributed by atoms with Crippen LogP contribution in [0.15, 0.2) is 59.4 Å². The normalized spacial score (nSPS) is 20.2. The summed E-state index contributed by atoms with van der Waals surface area (Å²) in [6.45, 7) is 3.86. The molecule has 0 bridgehead atoms. The number of rotatable bonds is 2. The van der Waals surface area contributed by atoms with Gasteiger partial charge in [0, 0.05) is 30.8 Å². The van der Waals surface area contributed by atoms with Crippen LogP contribution in [-0.4, -0.2) is 38.7 Å². The van der Waals surface area contributed by atoms with Gasteiger partial charge in [-0.25, -0.2) is 0 Å². The van der Waals surface area contributed by atoms with Gasteiger partial charge in [-0.3, -0.25) is 14.2 Å². The monoisotopic (exact) mass is 386 g/mol. The molecule has 0 aliphatic carbocycles. The van der Waals surface area contributed by atoms with E-state index >= 15 is 0 Å². The van der Waals surface area contributed by atoms with E-state index in [1.807, 2.05) is 66.4 Å². The van der Waals surface area contributed by atoms with Crippen LogP contribution in [0.1, 0.15) is 34.6 Å². The van der Waals surface area contributed by atoms with E-state index in [2.05, 4.69) is 10.2 Å². The molecular weight excluding hydrogens is 364 g/mol. The van der Waals surface area contributed by atoms with E-state index in [-0.39, 0.29) is 16.9 Å². The van der Waals surface area contributed by atoms with Gasteiger partial charge in [0.1, 0.15) is 5.82 Å². The van der Waals surface area contributed by atoms with E-state index in [1.54, 1.807) is 4.57 Å². The number of hydrogen-bond donors (Lipinski definition) is 0. The maximum atomic E-state index is 13.1. The van der Waals surface area contributed by atoms with Gasteiger partial charge in [-0.15, -0.1) is 10.2 Å². The van der Waals surface area contributed by atoms with Crippen molar-refractivity contribution >= 4 is 5.91 Å². The average Bonchev–Trinajstić information content (AvgIpc) is 3.34. The van der Waals surface area contributed by atoms with Crippen molar-refractivity contribution in [3.63, 3.8) is 0 Å². The predicted octanol–water partition coefficient (Wildman–Crippen LogP) is 2.80. The molecule has 1 fully saturated rings. The van der Waals surface area contributed by atoms with E-state index < -0.39 is 0 Å². The van der Waals surface area contributed by atoms with Crippen LogP contribution >= 0.6 is 0 Å². The zero-order valence-corrected chi connectivity index (χ0v) is 16.3. The number of likely N-dealkylation sites (tertiary alicyclic amines) is 1. The molecule has 1 amide bonds. The van der Waals surface area contributed by atoms with Crippen molar-refractivity contribution in [2.45, 2.75) is 31.7 Å². The van der Waals surface area contributed by atoms with Gasteiger partial charge in [0.2, 0.25) is 0 Å². The highest BCUT2D eigenvalue weighted by Crippen LogP contribution is 2.41. The highest BCUT2D eigenvalue weighted by Gasteiger charge is 2.48. The summed E-state index contributed by atoms with van der Waals surface area (Å²) in [5.74, 6) is 0.766. The Morgan fingerprint density at radius 3 is 2.59 bits per heavy atom. The molecule has 2 aliphatic heterocycles. The lowest BCUT2D eigenvalue weighted by Gasteiger charge is -2.23. The molecule has 2 aliphatic rings. The summed E-state index contributed by atoms with van der Waals surface area (Å²) in [6, 6.07) is 17.1. The third kappa shape index (κ3) is 2.87. The van der Waals surface area contributed by atoms with Gasteiger partial charge in [-0.05, 0) is 31.9 Å². The van der Waals surface area contributed by atoms with Crippen LogP contribution in [0.3, 0.4) is 0 Å². The third-order valence-electron chi connectivity index (χ3n) is 6.19. The van der Waals surface area contributed by atoms with Crippen LogP contribution in [0.5, 0.6) is 0 Å². The number of fused-ring (bicyclic) bond motifs is 2. The van der Waals surface area contributed by atoms with Crippen molar-refractivity contribution in [2.24, 2.45) is 0 Å². The summed E-state index contributed by atoms with van der Waals surface area (Å²) in [6.07, 6.45) is 1.62. The van der Waals surface area contributed by atoms with E-state index in [1.165, 1.54) is 0 Å². The Balaban J connectivity index is 1.46. The zero-order valence-electron chi connectivity index (χ0n) is 16.3. The molecule has 3 heterocycles. The quantitative estimate of drug-likeness (QED) is 0.679. The molecule has 1 saturated heterocycles. The first-order chi connectivity index (χ1) is 14.1. The fraction of sp³-hybridized carbons (Fsp3) is 0.304. The maximum Gasteiger partial charge on any atom is 0.280 e. The summed E-state index contributed by atoms with van der Waals surface area (Å²) in [5.41, 5.74) is 2.58. The standard InChI is InChI=1S/C23H22N4O2/c1-16-6-5-9-18(14-16)20(28)26-12-10-23(15-26)11-13-27-21(29)19(24-25-22(23)27)17-7-3-2-4-8-17/h2-9,14H,10-13,15H2,1H3. The second-order valence-corrected chi connectivity index (χ2v) is 8.07. The highest BCUT2D eigenvalue weighted by molar-refractivity contribution is 5.94. The molecule has 1 unspecified atom stereocenters. The Morgan fingerprint density at radius 2 is 1.79 bits per heavy atom. The molecule has 1 spiro atoms. The minimum absolute atomic E-state index is 0.0419. The van der Waals surface area contributed by atoms with Crippen molar-refractivity contribution in [1.82, 2.24) is 19.7 Å². The van der Waals surface area contributed by atoms with E-state index in [9.17, 15) is 9.59 Å². The summed E-state index contributed by atoms with van der Waals surface area (Å²) >= 11 is 0. The van der Waals surface area contributed by atoms with Crippen LogP contribution in [0.4, 0.5) is 0 Å². The number of carbonyl (C=O) groups excluding carboxylic acids is 1. The first-order valence-electron chi connectivity index (χ1n) is 9.97. The highest BCUT2D eigenvalue weighted by atomic mass is 16.2. The predicted molar refractivity (Wildman–Crippen MR) is 110 cm³/mol. The number of aryl methyl sites for hydroxylation is 1. The minimum atomic E-state index is -0.277. The Bertz CT molecular complexity index is 1160. The number of benzene rings is 2. The molecule has 1 atom stereocenters. The maximum absolute atomic E-state index is 13.1. The Kier molecular flexibility index (Phi) is 4.08. The number of aromatic nitrogens is 3. The summed E-state index contributed by atoms with van der Waals surface area (Å²) < 4.78 is 1.76. The molecular formula is C23H22N4O2. The topological polar surface area (TPSA) is 68.1 Å². The molecule has 6 heteroatoms. The number of amides is 1. The fourth-order valence-corrected chi connectivity index (χ4v) is 4.63. The molecule has 6 nitrogen and oxygen atoms in total. The number of nitrogens with zero attached hydrogens (tertiary/aromatic N) is 4. The first-order valence-corrected chi connectivity index (χ1v) is 9.97. The second kappa shape index (κ2) is 6.65. The smallest absolute Gasteiger partial charge is 0.280 e. The van der Waals surface area contributed by atoms with Gasteiger partial charge in [0.15, 0.2) is 5.69 Å². The molecule has 1 aromatic heterocycles. The molecule has 29 heavy (non-hydrogen) atoms. The van der Waals surface area contributed by atoms with E-state index in [0.717, 1.165) is 29.8 Å². The van der Waals surface area contributed by atoms with Gasteiger partial charge in [0.25, 0.3) is 11.5 Å². The molecule has 0 saturated carbocycles. The van der Waals surface area contributed by atoms with Gasteiger partial charge in [0.05, 0.1) is 5.41 Å². The van der Waals surface area contributed by atoms with Crippen LogP contribution in [-0.2, 0) is 12.0 Å². The van der Waals surface area contributed by atoms with Crippen LogP contribution in [0.2, 0.25) is 0 Å². The molecule has 2 aromatic carbocycles. The van der Waals surface area contributed by atoms with Crippen molar-refractivity contribution in [3.05, 3.63) is 81.9 Å². The van der Waals surface area contributed by atoms with Gasteiger partial charge in [-0.1, -0.05) is 48.0 Å². The summed E-state index contributed by atoms with van der Waals surface area (Å²) in [7, 11) is 0. The van der Waals surface area contributed by atoms with Gasteiger partial charge >= 0.3 is 0 Å².